The van der Waals surface area contributed by atoms with E-state index in [4.69, 9.17) is 14.0 Å². The smallest absolute Gasteiger partial charge is 0.347 e. The molecular weight excluding hydrogens is 470 g/mol. The Balaban J connectivity index is 1.17. The first-order chi connectivity index (χ1) is 17.9. The molecule has 8 heteroatoms. The minimum absolute atomic E-state index is 0.484. The van der Waals surface area contributed by atoms with Crippen molar-refractivity contribution < 1.29 is 23.9 Å². The van der Waals surface area contributed by atoms with Crippen LogP contribution in [0.5, 0.6) is 11.5 Å². The zero-order chi connectivity index (χ0) is 25.8. The standard InChI is InChI=1S/C29H27N3O5/c1-29(2,28(33)34)36-25-11-6-10-24-23(25)16-18-32(24)17-7-19-35-22-14-12-20(13-15-22)26-30-27(37-31-26)21-8-4-3-5-9-21/h3-6,8-16,18H,7,17,19H2,1-2H3,(H,33,34). The molecule has 2 heterocycles. The summed E-state index contributed by atoms with van der Waals surface area (Å²) >= 11 is 0. The Kier molecular flexibility index (Phi) is 6.64. The molecule has 0 saturated heterocycles. The molecular formula is C29H27N3O5. The SMILES string of the molecule is CC(C)(Oc1cccc2c1ccn2CCCOc1ccc(-c2noc(-c3ccccc3)n2)cc1)C(=O)O. The van der Waals surface area contributed by atoms with E-state index in [9.17, 15) is 9.90 Å². The monoisotopic (exact) mass is 497 g/mol. The van der Waals surface area contributed by atoms with Crippen molar-refractivity contribution >= 4 is 16.9 Å². The van der Waals surface area contributed by atoms with Crippen molar-refractivity contribution in [1.29, 1.82) is 0 Å². The highest BCUT2D eigenvalue weighted by Gasteiger charge is 2.30. The first-order valence-corrected chi connectivity index (χ1v) is 12.0. The van der Waals surface area contributed by atoms with Crippen LogP contribution >= 0.6 is 0 Å². The van der Waals surface area contributed by atoms with Crippen molar-refractivity contribution in [3.63, 3.8) is 0 Å². The van der Waals surface area contributed by atoms with Gasteiger partial charge in [-0.3, -0.25) is 0 Å². The highest BCUT2D eigenvalue weighted by Crippen LogP contribution is 2.30. The molecule has 0 aliphatic rings. The van der Waals surface area contributed by atoms with Crippen LogP contribution in [0.1, 0.15) is 20.3 Å². The molecule has 5 rings (SSSR count). The molecule has 1 N–H and O–H groups in total. The quantitative estimate of drug-likeness (QED) is 0.234. The van der Waals surface area contributed by atoms with Crippen LogP contribution in [0.4, 0.5) is 0 Å². The number of hydrogen-bond donors (Lipinski definition) is 1. The topological polar surface area (TPSA) is 99.6 Å². The van der Waals surface area contributed by atoms with Crippen molar-refractivity contribution in [3.8, 4) is 34.3 Å². The molecule has 0 bridgehead atoms. The van der Waals surface area contributed by atoms with Gasteiger partial charge < -0.3 is 23.7 Å². The summed E-state index contributed by atoms with van der Waals surface area (Å²) in [6.45, 7) is 4.37. The van der Waals surface area contributed by atoms with Gasteiger partial charge in [-0.15, -0.1) is 0 Å². The van der Waals surface area contributed by atoms with Gasteiger partial charge in [-0.25, -0.2) is 4.79 Å². The highest BCUT2D eigenvalue weighted by molar-refractivity contribution is 5.87. The third-order valence-electron chi connectivity index (χ3n) is 6.03. The highest BCUT2D eigenvalue weighted by atomic mass is 16.5. The van der Waals surface area contributed by atoms with Crippen LogP contribution in [-0.2, 0) is 11.3 Å². The Hall–Kier alpha value is -4.59. The number of fused-ring (bicyclic) bond motifs is 1. The molecule has 0 atom stereocenters. The molecule has 0 unspecified atom stereocenters. The van der Waals surface area contributed by atoms with Crippen LogP contribution < -0.4 is 9.47 Å². The molecule has 188 valence electrons. The summed E-state index contributed by atoms with van der Waals surface area (Å²) in [6, 6.07) is 24.9. The lowest BCUT2D eigenvalue weighted by Gasteiger charge is -2.22. The van der Waals surface area contributed by atoms with Crippen molar-refractivity contribution in [2.24, 2.45) is 0 Å². The van der Waals surface area contributed by atoms with Crippen LogP contribution in [0.25, 0.3) is 33.7 Å². The molecule has 0 aliphatic heterocycles. The second-order valence-electron chi connectivity index (χ2n) is 9.13. The lowest BCUT2D eigenvalue weighted by Crippen LogP contribution is -2.37. The van der Waals surface area contributed by atoms with Crippen LogP contribution in [-0.4, -0.2) is 38.0 Å². The third kappa shape index (κ3) is 5.33. The van der Waals surface area contributed by atoms with E-state index < -0.39 is 11.6 Å². The molecule has 5 aromatic rings. The maximum absolute atomic E-state index is 11.4. The van der Waals surface area contributed by atoms with Gasteiger partial charge >= 0.3 is 5.97 Å². The van der Waals surface area contributed by atoms with Gasteiger partial charge in [-0.2, -0.15) is 4.98 Å². The molecule has 8 nitrogen and oxygen atoms in total. The number of aromatic nitrogens is 3. The number of benzene rings is 3. The number of carboxylic acid groups (broad SMARTS) is 1. The van der Waals surface area contributed by atoms with E-state index in [0.717, 1.165) is 40.7 Å². The minimum Gasteiger partial charge on any atom is -0.494 e. The van der Waals surface area contributed by atoms with Crippen LogP contribution in [0, 0.1) is 0 Å². The molecule has 0 amide bonds. The molecule has 0 radical (unpaired) electrons. The van der Waals surface area contributed by atoms with Crippen molar-refractivity contribution in [2.75, 3.05) is 6.61 Å². The number of aryl methyl sites for hydroxylation is 1. The Morgan fingerprint density at radius 2 is 1.76 bits per heavy atom. The Morgan fingerprint density at radius 3 is 2.51 bits per heavy atom. The van der Waals surface area contributed by atoms with E-state index in [-0.39, 0.29) is 0 Å². The maximum Gasteiger partial charge on any atom is 0.347 e. The van der Waals surface area contributed by atoms with Gasteiger partial charge in [0.1, 0.15) is 11.5 Å². The zero-order valence-corrected chi connectivity index (χ0v) is 20.6. The summed E-state index contributed by atoms with van der Waals surface area (Å²) in [7, 11) is 0. The number of carbonyl (C=O) groups is 1. The van der Waals surface area contributed by atoms with Crippen molar-refractivity contribution in [1.82, 2.24) is 14.7 Å². The third-order valence-corrected chi connectivity index (χ3v) is 6.03. The summed E-state index contributed by atoms with van der Waals surface area (Å²) in [5, 5.41) is 14.3. The number of ether oxygens (including phenoxy) is 2. The number of hydrogen-bond acceptors (Lipinski definition) is 6. The maximum atomic E-state index is 11.4. The van der Waals surface area contributed by atoms with Gasteiger partial charge in [-0.1, -0.05) is 29.4 Å². The predicted molar refractivity (Wildman–Crippen MR) is 140 cm³/mol. The second-order valence-corrected chi connectivity index (χ2v) is 9.13. The van der Waals surface area contributed by atoms with Gasteiger partial charge in [0.2, 0.25) is 5.82 Å². The number of carboxylic acids is 1. The van der Waals surface area contributed by atoms with E-state index in [2.05, 4.69) is 14.7 Å². The van der Waals surface area contributed by atoms with Gasteiger partial charge in [0.15, 0.2) is 5.60 Å². The molecule has 3 aromatic carbocycles. The van der Waals surface area contributed by atoms with E-state index in [1.807, 2.05) is 79.0 Å². The Morgan fingerprint density at radius 1 is 0.973 bits per heavy atom. The first-order valence-electron chi connectivity index (χ1n) is 12.0. The number of aliphatic carboxylic acids is 1. The lowest BCUT2D eigenvalue weighted by atomic mass is 10.1. The fraction of sp³-hybridized carbons (Fsp3) is 0.207. The van der Waals surface area contributed by atoms with Crippen LogP contribution in [0.15, 0.2) is 89.6 Å². The molecule has 2 aromatic heterocycles. The van der Waals surface area contributed by atoms with E-state index >= 15 is 0 Å². The zero-order valence-electron chi connectivity index (χ0n) is 20.6. The lowest BCUT2D eigenvalue weighted by molar-refractivity contribution is -0.152. The summed E-state index contributed by atoms with van der Waals surface area (Å²) in [5.74, 6) is 1.32. The summed E-state index contributed by atoms with van der Waals surface area (Å²) in [4.78, 5) is 15.9. The average molecular weight is 498 g/mol. The van der Waals surface area contributed by atoms with Gasteiger partial charge in [-0.05, 0) is 74.9 Å². The fourth-order valence-corrected chi connectivity index (χ4v) is 3.96. The molecule has 0 saturated carbocycles. The van der Waals surface area contributed by atoms with Crippen molar-refractivity contribution in [3.05, 3.63) is 85.1 Å². The molecule has 0 aliphatic carbocycles. The van der Waals surface area contributed by atoms with Gasteiger partial charge in [0.25, 0.3) is 5.89 Å². The van der Waals surface area contributed by atoms with E-state index in [0.29, 0.717) is 24.1 Å². The summed E-state index contributed by atoms with van der Waals surface area (Å²) in [6.07, 6.45) is 2.78. The Labute approximate surface area is 214 Å². The van der Waals surface area contributed by atoms with E-state index in [1.54, 1.807) is 19.9 Å². The Bertz CT molecular complexity index is 1500. The predicted octanol–water partition coefficient (Wildman–Crippen LogP) is 6.07. The van der Waals surface area contributed by atoms with Crippen LogP contribution in [0.3, 0.4) is 0 Å². The van der Waals surface area contributed by atoms with Gasteiger partial charge in [0, 0.05) is 29.3 Å². The first kappa shape index (κ1) is 24.1. The summed E-state index contributed by atoms with van der Waals surface area (Å²) < 4.78 is 19.2. The number of rotatable bonds is 10. The molecule has 0 fully saturated rings. The largest absolute Gasteiger partial charge is 0.494 e. The molecule has 37 heavy (non-hydrogen) atoms. The number of nitrogens with zero attached hydrogens (tertiary/aromatic N) is 3. The van der Waals surface area contributed by atoms with E-state index in [1.165, 1.54) is 0 Å². The van der Waals surface area contributed by atoms with Crippen LogP contribution in [0.2, 0.25) is 0 Å². The second kappa shape index (κ2) is 10.2. The minimum atomic E-state index is -1.31. The van der Waals surface area contributed by atoms with Crippen molar-refractivity contribution in [2.45, 2.75) is 32.4 Å². The average Bonchev–Trinajstić information content (AvgIpc) is 3.56. The fourth-order valence-electron chi connectivity index (χ4n) is 3.96. The normalized spacial score (nSPS) is 11.5. The van der Waals surface area contributed by atoms with Gasteiger partial charge in [0.05, 0.1) is 12.1 Å². The summed E-state index contributed by atoms with van der Waals surface area (Å²) in [5.41, 5.74) is 1.40. The molecule has 0 spiro atoms.